The number of aliphatic imine (C=N–C) groups is 1. The maximum atomic E-state index is 12.7. The Morgan fingerprint density at radius 2 is 1.70 bits per heavy atom. The highest BCUT2D eigenvalue weighted by Crippen LogP contribution is 2.23. The number of pyridine rings is 1. The van der Waals surface area contributed by atoms with E-state index >= 15 is 0 Å². The van der Waals surface area contributed by atoms with E-state index in [0.717, 1.165) is 28.1 Å². The van der Waals surface area contributed by atoms with Crippen molar-refractivity contribution in [2.24, 2.45) is 4.99 Å². The zero-order valence-electron chi connectivity index (χ0n) is 14.8. The zero-order chi connectivity index (χ0) is 18.5. The Bertz CT molecular complexity index is 1010. The van der Waals surface area contributed by atoms with Gasteiger partial charge in [-0.15, -0.1) is 0 Å². The number of allylic oxidation sites excluding steroid dienone is 1. The van der Waals surface area contributed by atoms with Crippen LogP contribution >= 0.6 is 0 Å². The normalized spacial score (nSPS) is 13.0. The van der Waals surface area contributed by atoms with Crippen molar-refractivity contribution in [2.75, 3.05) is 6.54 Å². The van der Waals surface area contributed by atoms with Gasteiger partial charge >= 0.3 is 0 Å². The van der Waals surface area contributed by atoms with Gasteiger partial charge in [-0.3, -0.25) is 14.8 Å². The van der Waals surface area contributed by atoms with Gasteiger partial charge in [-0.05, 0) is 35.4 Å². The number of nitrogens with one attached hydrogen (secondary N) is 1. The lowest BCUT2D eigenvalue weighted by molar-refractivity contribution is 0.0950. The lowest BCUT2D eigenvalue weighted by Gasteiger charge is -2.09. The highest BCUT2D eigenvalue weighted by Gasteiger charge is 2.18. The summed E-state index contributed by atoms with van der Waals surface area (Å²) in [4.78, 5) is 21.6. The number of hydrogen-bond acceptors (Lipinski definition) is 3. The van der Waals surface area contributed by atoms with Crippen molar-refractivity contribution in [2.45, 2.75) is 6.54 Å². The van der Waals surface area contributed by atoms with Crippen LogP contribution in [0.3, 0.4) is 0 Å². The molecular weight excluding hydrogens is 334 g/mol. The Kier molecular flexibility index (Phi) is 4.88. The molecule has 2 heterocycles. The van der Waals surface area contributed by atoms with E-state index < -0.39 is 0 Å². The molecule has 132 valence electrons. The van der Waals surface area contributed by atoms with Crippen LogP contribution in [0, 0.1) is 0 Å². The summed E-state index contributed by atoms with van der Waals surface area (Å²) in [7, 11) is 0. The maximum Gasteiger partial charge on any atom is 0.252 e. The summed E-state index contributed by atoms with van der Waals surface area (Å²) in [6, 6.07) is 23.4. The van der Waals surface area contributed by atoms with Gasteiger partial charge in [0, 0.05) is 17.3 Å². The number of hydrogen-bond donors (Lipinski definition) is 1. The standard InChI is InChI=1S/C23H19N3O/c27-23(26-16-19-10-6-7-13-24-19)21-12-5-4-11-20(21)22-14-18(15-25-22)17-8-2-1-3-9-17/h1-14H,15-16H2,(H,26,27). The van der Waals surface area contributed by atoms with Crippen LogP contribution < -0.4 is 5.32 Å². The van der Waals surface area contributed by atoms with Crippen molar-refractivity contribution in [3.05, 3.63) is 107 Å². The first-order valence-corrected chi connectivity index (χ1v) is 8.89. The van der Waals surface area contributed by atoms with Gasteiger partial charge in [-0.25, -0.2) is 0 Å². The van der Waals surface area contributed by atoms with Crippen molar-refractivity contribution in [3.63, 3.8) is 0 Å². The van der Waals surface area contributed by atoms with Crippen LogP contribution in [0.2, 0.25) is 0 Å². The fourth-order valence-corrected chi connectivity index (χ4v) is 3.09. The van der Waals surface area contributed by atoms with Crippen LogP contribution in [0.4, 0.5) is 0 Å². The minimum absolute atomic E-state index is 0.125. The molecule has 1 aromatic heterocycles. The monoisotopic (exact) mass is 353 g/mol. The van der Waals surface area contributed by atoms with Gasteiger partial charge in [0.1, 0.15) is 0 Å². The Hall–Kier alpha value is -3.53. The fraction of sp³-hybridized carbons (Fsp3) is 0.0870. The summed E-state index contributed by atoms with van der Waals surface area (Å²) in [5.41, 5.74) is 5.47. The molecule has 4 rings (SSSR count). The van der Waals surface area contributed by atoms with E-state index in [1.165, 1.54) is 0 Å². The number of aromatic nitrogens is 1. The molecule has 2 aromatic carbocycles. The van der Waals surface area contributed by atoms with Gasteiger partial charge in [0.2, 0.25) is 0 Å². The molecule has 0 aliphatic carbocycles. The predicted molar refractivity (Wildman–Crippen MR) is 108 cm³/mol. The second-order valence-corrected chi connectivity index (χ2v) is 6.29. The number of rotatable bonds is 5. The van der Waals surface area contributed by atoms with Crippen LogP contribution in [0.1, 0.15) is 27.2 Å². The molecule has 0 radical (unpaired) electrons. The van der Waals surface area contributed by atoms with Gasteiger partial charge in [-0.1, -0.05) is 54.6 Å². The second-order valence-electron chi connectivity index (χ2n) is 6.29. The highest BCUT2D eigenvalue weighted by molar-refractivity contribution is 6.19. The van der Waals surface area contributed by atoms with Gasteiger partial charge in [-0.2, -0.15) is 0 Å². The summed E-state index contributed by atoms with van der Waals surface area (Å²) in [6.07, 6.45) is 3.79. The molecule has 4 nitrogen and oxygen atoms in total. The Balaban J connectivity index is 1.55. The average Bonchev–Trinajstić information content (AvgIpc) is 3.23. The highest BCUT2D eigenvalue weighted by atomic mass is 16.1. The molecule has 1 amide bonds. The van der Waals surface area contributed by atoms with Gasteiger partial charge in [0.25, 0.3) is 5.91 Å². The van der Waals surface area contributed by atoms with Crippen molar-refractivity contribution >= 4 is 17.2 Å². The first-order chi connectivity index (χ1) is 13.3. The predicted octanol–water partition coefficient (Wildman–Crippen LogP) is 3.90. The molecule has 0 bridgehead atoms. The van der Waals surface area contributed by atoms with E-state index in [2.05, 4.69) is 33.5 Å². The molecule has 1 N–H and O–H groups in total. The molecule has 0 atom stereocenters. The fourth-order valence-electron chi connectivity index (χ4n) is 3.09. The van der Waals surface area contributed by atoms with Crippen LogP contribution in [0.25, 0.3) is 5.57 Å². The number of carbonyl (C=O) groups excluding carboxylic acids is 1. The van der Waals surface area contributed by atoms with Gasteiger partial charge in [0.05, 0.1) is 24.5 Å². The first-order valence-electron chi connectivity index (χ1n) is 8.89. The van der Waals surface area contributed by atoms with Crippen molar-refractivity contribution < 1.29 is 4.79 Å². The third-order valence-electron chi connectivity index (χ3n) is 4.48. The smallest absolute Gasteiger partial charge is 0.252 e. The third kappa shape index (κ3) is 3.85. The SMILES string of the molecule is O=C(NCc1ccccn1)c1ccccc1C1=NCC(c2ccccc2)=C1. The van der Waals surface area contributed by atoms with Crippen LogP contribution in [-0.4, -0.2) is 23.1 Å². The van der Waals surface area contributed by atoms with E-state index in [1.807, 2.05) is 60.7 Å². The molecule has 0 spiro atoms. The molecule has 0 fully saturated rings. The molecule has 1 aliphatic rings. The van der Waals surface area contributed by atoms with Crippen LogP contribution in [0.15, 0.2) is 90.1 Å². The van der Waals surface area contributed by atoms with Gasteiger partial charge < -0.3 is 5.32 Å². The third-order valence-corrected chi connectivity index (χ3v) is 4.48. The minimum atomic E-state index is -0.125. The summed E-state index contributed by atoms with van der Waals surface area (Å²) in [5.74, 6) is -0.125. The number of carbonyl (C=O) groups is 1. The summed E-state index contributed by atoms with van der Waals surface area (Å²) >= 11 is 0. The Morgan fingerprint density at radius 3 is 2.52 bits per heavy atom. The number of benzene rings is 2. The van der Waals surface area contributed by atoms with Crippen LogP contribution in [0.5, 0.6) is 0 Å². The molecule has 4 heteroatoms. The minimum Gasteiger partial charge on any atom is -0.346 e. The lowest BCUT2D eigenvalue weighted by atomic mass is 10.00. The van der Waals surface area contributed by atoms with E-state index in [1.54, 1.807) is 6.20 Å². The topological polar surface area (TPSA) is 54.4 Å². The van der Waals surface area contributed by atoms with Crippen LogP contribution in [-0.2, 0) is 6.54 Å². The Morgan fingerprint density at radius 1 is 0.926 bits per heavy atom. The second kappa shape index (κ2) is 7.79. The largest absolute Gasteiger partial charge is 0.346 e. The van der Waals surface area contributed by atoms with Crippen molar-refractivity contribution in [1.29, 1.82) is 0 Å². The zero-order valence-corrected chi connectivity index (χ0v) is 14.8. The first kappa shape index (κ1) is 16.9. The maximum absolute atomic E-state index is 12.7. The lowest BCUT2D eigenvalue weighted by Crippen LogP contribution is -2.25. The van der Waals surface area contributed by atoms with E-state index in [0.29, 0.717) is 18.7 Å². The summed E-state index contributed by atoms with van der Waals surface area (Å²) < 4.78 is 0. The van der Waals surface area contributed by atoms with E-state index in [4.69, 9.17) is 0 Å². The molecule has 0 unspecified atom stereocenters. The Labute approximate surface area is 158 Å². The van der Waals surface area contributed by atoms with E-state index in [-0.39, 0.29) is 5.91 Å². The van der Waals surface area contributed by atoms with Crippen molar-refractivity contribution in [1.82, 2.24) is 10.3 Å². The molecule has 0 saturated heterocycles. The quantitative estimate of drug-likeness (QED) is 0.756. The summed E-state index contributed by atoms with van der Waals surface area (Å²) in [5, 5.41) is 2.94. The molecule has 0 saturated carbocycles. The summed E-state index contributed by atoms with van der Waals surface area (Å²) in [6.45, 7) is 1.02. The number of nitrogens with zero attached hydrogens (tertiary/aromatic N) is 2. The van der Waals surface area contributed by atoms with Gasteiger partial charge in [0.15, 0.2) is 0 Å². The molecule has 27 heavy (non-hydrogen) atoms. The molecular formula is C23H19N3O. The average molecular weight is 353 g/mol. The molecule has 1 aliphatic heterocycles. The molecule has 3 aromatic rings. The van der Waals surface area contributed by atoms with Crippen molar-refractivity contribution in [3.8, 4) is 0 Å². The van der Waals surface area contributed by atoms with E-state index in [9.17, 15) is 4.79 Å². The number of amides is 1.